The molecule has 0 spiro atoms. The molecule has 24 heavy (non-hydrogen) atoms. The average molecular weight is 353 g/mol. The third-order valence-corrected chi connectivity index (χ3v) is 6.37. The maximum absolute atomic E-state index is 11.8. The Morgan fingerprint density at radius 3 is 2.29 bits per heavy atom. The summed E-state index contributed by atoms with van der Waals surface area (Å²) in [6, 6.07) is 8.53. The highest BCUT2D eigenvalue weighted by Gasteiger charge is 2.31. The summed E-state index contributed by atoms with van der Waals surface area (Å²) in [5, 5.41) is 0. The zero-order valence-corrected chi connectivity index (χ0v) is 15.3. The van der Waals surface area contributed by atoms with Gasteiger partial charge in [-0.05, 0) is 37.1 Å². The van der Waals surface area contributed by atoms with Crippen molar-refractivity contribution in [2.24, 2.45) is 0 Å². The first-order valence-electron chi connectivity index (χ1n) is 8.55. The molecule has 7 heteroatoms. The monoisotopic (exact) mass is 353 g/mol. The van der Waals surface area contributed by atoms with E-state index in [4.69, 9.17) is 4.74 Å². The van der Waals surface area contributed by atoms with Crippen molar-refractivity contribution < 1.29 is 13.2 Å². The van der Waals surface area contributed by atoms with Crippen LogP contribution in [0.1, 0.15) is 12.8 Å². The van der Waals surface area contributed by atoms with Crippen molar-refractivity contribution >= 4 is 15.7 Å². The first-order chi connectivity index (χ1) is 11.5. The molecule has 0 saturated carbocycles. The minimum Gasteiger partial charge on any atom is -0.497 e. The zero-order chi connectivity index (χ0) is 17.2. The Morgan fingerprint density at radius 2 is 1.71 bits per heavy atom. The number of benzene rings is 1. The largest absolute Gasteiger partial charge is 0.497 e. The first kappa shape index (κ1) is 17.5. The molecule has 2 fully saturated rings. The smallest absolute Gasteiger partial charge is 0.211 e. The Labute approximate surface area is 145 Å². The number of piperazine rings is 1. The number of rotatable bonds is 4. The van der Waals surface area contributed by atoms with Crippen molar-refractivity contribution in [1.29, 1.82) is 0 Å². The lowest BCUT2D eigenvalue weighted by molar-refractivity contribution is 0.128. The van der Waals surface area contributed by atoms with Gasteiger partial charge in [0.05, 0.1) is 13.4 Å². The van der Waals surface area contributed by atoms with Gasteiger partial charge in [0.25, 0.3) is 0 Å². The molecule has 0 radical (unpaired) electrons. The van der Waals surface area contributed by atoms with Crippen molar-refractivity contribution in [3.05, 3.63) is 24.3 Å². The van der Waals surface area contributed by atoms with Crippen LogP contribution in [0.3, 0.4) is 0 Å². The maximum atomic E-state index is 11.8. The molecule has 1 aromatic rings. The van der Waals surface area contributed by atoms with Gasteiger partial charge in [0.15, 0.2) is 0 Å². The van der Waals surface area contributed by atoms with Crippen molar-refractivity contribution in [3.63, 3.8) is 0 Å². The maximum Gasteiger partial charge on any atom is 0.211 e. The summed E-state index contributed by atoms with van der Waals surface area (Å²) in [6.07, 6.45) is 3.36. The number of anilines is 1. The van der Waals surface area contributed by atoms with Gasteiger partial charge >= 0.3 is 0 Å². The molecule has 6 nitrogen and oxygen atoms in total. The molecule has 2 aliphatic rings. The fraction of sp³-hybridized carbons (Fsp3) is 0.647. The van der Waals surface area contributed by atoms with Crippen LogP contribution >= 0.6 is 0 Å². The third-order valence-electron chi connectivity index (χ3n) is 5.10. The van der Waals surface area contributed by atoms with Gasteiger partial charge in [-0.2, -0.15) is 0 Å². The van der Waals surface area contributed by atoms with E-state index < -0.39 is 10.0 Å². The van der Waals surface area contributed by atoms with Gasteiger partial charge in [0.1, 0.15) is 5.75 Å². The van der Waals surface area contributed by atoms with E-state index in [9.17, 15) is 8.42 Å². The van der Waals surface area contributed by atoms with Crippen LogP contribution in [0.2, 0.25) is 0 Å². The molecule has 0 N–H and O–H groups in total. The predicted octanol–water partition coefficient (Wildman–Crippen LogP) is 1.24. The van der Waals surface area contributed by atoms with Gasteiger partial charge in [0.2, 0.25) is 10.0 Å². The Morgan fingerprint density at radius 1 is 1.04 bits per heavy atom. The van der Waals surface area contributed by atoms with Crippen LogP contribution in [0.25, 0.3) is 0 Å². The van der Waals surface area contributed by atoms with E-state index in [1.54, 1.807) is 11.4 Å². The van der Waals surface area contributed by atoms with Gasteiger partial charge < -0.3 is 9.64 Å². The molecule has 1 aromatic carbocycles. The lowest BCUT2D eigenvalue weighted by atomic mass is 10.0. The molecule has 2 aliphatic heterocycles. The molecule has 0 bridgehead atoms. The lowest BCUT2D eigenvalue weighted by Gasteiger charge is -2.43. The van der Waals surface area contributed by atoms with E-state index in [2.05, 4.69) is 21.9 Å². The van der Waals surface area contributed by atoms with Crippen LogP contribution in [0.4, 0.5) is 5.69 Å². The predicted molar refractivity (Wildman–Crippen MR) is 96.2 cm³/mol. The summed E-state index contributed by atoms with van der Waals surface area (Å²) in [6.45, 7) is 5.22. The highest BCUT2D eigenvalue weighted by atomic mass is 32.2. The Balaban J connectivity index is 1.56. The zero-order valence-electron chi connectivity index (χ0n) is 14.5. The van der Waals surface area contributed by atoms with E-state index >= 15 is 0 Å². The number of sulfonamides is 1. The van der Waals surface area contributed by atoms with Gasteiger partial charge in [0, 0.05) is 51.0 Å². The summed E-state index contributed by atoms with van der Waals surface area (Å²) >= 11 is 0. The summed E-state index contributed by atoms with van der Waals surface area (Å²) in [5.74, 6) is 0.875. The van der Waals surface area contributed by atoms with Crippen LogP contribution in [0.15, 0.2) is 24.3 Å². The van der Waals surface area contributed by atoms with Crippen molar-refractivity contribution in [3.8, 4) is 5.75 Å². The third kappa shape index (κ3) is 4.02. The lowest BCUT2D eigenvalue weighted by Crippen LogP contribution is -2.55. The molecule has 2 heterocycles. The molecule has 3 rings (SSSR count). The van der Waals surface area contributed by atoms with E-state index in [-0.39, 0.29) is 0 Å². The van der Waals surface area contributed by atoms with Crippen LogP contribution in [-0.4, -0.2) is 76.3 Å². The fourth-order valence-corrected chi connectivity index (χ4v) is 4.56. The molecular weight excluding hydrogens is 326 g/mol. The minimum atomic E-state index is -3.07. The molecule has 1 atom stereocenters. The van der Waals surface area contributed by atoms with E-state index in [1.807, 2.05) is 12.1 Å². The van der Waals surface area contributed by atoms with Crippen LogP contribution in [0, 0.1) is 0 Å². The minimum absolute atomic E-state index is 0.353. The normalized spacial score (nSPS) is 24.1. The topological polar surface area (TPSA) is 53.1 Å². The van der Waals surface area contributed by atoms with E-state index in [1.165, 1.54) is 11.9 Å². The second-order valence-corrected chi connectivity index (χ2v) is 8.62. The Bertz CT molecular complexity index is 640. The molecule has 0 aliphatic carbocycles. The first-order valence-corrected chi connectivity index (χ1v) is 10.4. The fourth-order valence-electron chi connectivity index (χ4n) is 3.66. The number of piperidine rings is 1. The van der Waals surface area contributed by atoms with Gasteiger partial charge in [-0.15, -0.1) is 0 Å². The van der Waals surface area contributed by atoms with E-state index in [0.717, 1.165) is 44.8 Å². The molecule has 1 unspecified atom stereocenters. The SMILES string of the molecule is COc1ccc(N2CCN(C3CCCN(S(C)(=O)=O)C3)CC2)cc1. The van der Waals surface area contributed by atoms with Crippen LogP contribution < -0.4 is 9.64 Å². The van der Waals surface area contributed by atoms with Gasteiger partial charge in [-0.25, -0.2) is 12.7 Å². The van der Waals surface area contributed by atoms with Crippen molar-refractivity contribution in [1.82, 2.24) is 9.21 Å². The number of nitrogens with zero attached hydrogens (tertiary/aromatic N) is 3. The summed E-state index contributed by atoms with van der Waals surface area (Å²) < 4.78 is 30.4. The number of hydrogen-bond donors (Lipinski definition) is 0. The molecule has 134 valence electrons. The Hall–Kier alpha value is -1.31. The van der Waals surface area contributed by atoms with Gasteiger partial charge in [-0.3, -0.25) is 4.90 Å². The summed E-state index contributed by atoms with van der Waals surface area (Å²) in [7, 11) is -1.40. The summed E-state index contributed by atoms with van der Waals surface area (Å²) in [5.41, 5.74) is 1.22. The van der Waals surface area contributed by atoms with Gasteiger partial charge in [-0.1, -0.05) is 0 Å². The second kappa shape index (κ2) is 7.29. The molecule has 2 saturated heterocycles. The van der Waals surface area contributed by atoms with Crippen LogP contribution in [0.5, 0.6) is 5.75 Å². The number of ether oxygens (including phenoxy) is 1. The number of hydrogen-bond acceptors (Lipinski definition) is 5. The molecular formula is C17H27N3O3S. The highest BCUT2D eigenvalue weighted by Crippen LogP contribution is 2.23. The summed E-state index contributed by atoms with van der Waals surface area (Å²) in [4.78, 5) is 4.84. The van der Waals surface area contributed by atoms with Crippen molar-refractivity contribution in [2.75, 3.05) is 57.5 Å². The van der Waals surface area contributed by atoms with Crippen LogP contribution in [-0.2, 0) is 10.0 Å². The molecule has 0 aromatic heterocycles. The second-order valence-electron chi connectivity index (χ2n) is 6.64. The van der Waals surface area contributed by atoms with Crippen molar-refractivity contribution in [2.45, 2.75) is 18.9 Å². The highest BCUT2D eigenvalue weighted by molar-refractivity contribution is 7.88. The van der Waals surface area contributed by atoms with E-state index in [0.29, 0.717) is 19.1 Å². The standard InChI is InChI=1S/C17H27N3O3S/c1-23-17-7-5-15(6-8-17)18-10-12-19(13-11-18)16-4-3-9-20(14-16)24(2,21)22/h5-8,16H,3-4,9-14H2,1-2H3. The number of methoxy groups -OCH3 is 1. The quantitative estimate of drug-likeness (QED) is 0.815. The average Bonchev–Trinajstić information content (AvgIpc) is 2.61. The molecule has 0 amide bonds. The Kier molecular flexibility index (Phi) is 5.32.